The molecule has 0 fully saturated rings. The fourth-order valence-electron chi connectivity index (χ4n) is 3.81. The van der Waals surface area contributed by atoms with Crippen LogP contribution in [-0.4, -0.2) is 27.1 Å². The molecule has 0 aliphatic heterocycles. The molecule has 29 heavy (non-hydrogen) atoms. The Kier molecular flexibility index (Phi) is 6.63. The van der Waals surface area contributed by atoms with Crippen molar-refractivity contribution in [1.29, 1.82) is 0 Å². The molecule has 2 aromatic carbocycles. The number of carbonyl (C=O) groups excluding carboxylic acids is 1. The Hall–Kier alpha value is -2.34. The Morgan fingerprint density at radius 2 is 1.69 bits per heavy atom. The average Bonchev–Trinajstić information content (AvgIpc) is 2.76. The van der Waals surface area contributed by atoms with Gasteiger partial charge in [-0.05, 0) is 80.0 Å². The molecule has 3 rings (SSSR count). The molecule has 1 amide bonds. The van der Waals surface area contributed by atoms with Crippen molar-refractivity contribution < 1.29 is 13.2 Å². The van der Waals surface area contributed by atoms with Crippen LogP contribution < -0.4 is 9.62 Å². The third kappa shape index (κ3) is 4.81. The van der Waals surface area contributed by atoms with Gasteiger partial charge in [0.25, 0.3) is 5.91 Å². The monoisotopic (exact) mass is 414 g/mol. The van der Waals surface area contributed by atoms with Gasteiger partial charge in [0.05, 0.1) is 17.5 Å². The lowest BCUT2D eigenvalue weighted by Crippen LogP contribution is -2.29. The third-order valence-electron chi connectivity index (χ3n) is 5.76. The Bertz CT molecular complexity index is 968. The summed E-state index contributed by atoms with van der Waals surface area (Å²) in [6.07, 6.45) is 5.55. The van der Waals surface area contributed by atoms with Gasteiger partial charge < -0.3 is 5.32 Å². The van der Waals surface area contributed by atoms with E-state index >= 15 is 0 Å². The average molecular weight is 415 g/mol. The smallest absolute Gasteiger partial charge is 0.251 e. The number of sulfonamides is 1. The molecular weight excluding hydrogens is 384 g/mol. The van der Waals surface area contributed by atoms with Crippen LogP contribution in [0.1, 0.15) is 66.2 Å². The van der Waals surface area contributed by atoms with E-state index in [0.29, 0.717) is 11.3 Å². The summed E-state index contributed by atoms with van der Waals surface area (Å²) in [4.78, 5) is 12.8. The lowest BCUT2D eigenvalue weighted by molar-refractivity contribution is 0.0935. The normalized spacial score (nSPS) is 14.7. The van der Waals surface area contributed by atoms with Gasteiger partial charge in [-0.25, -0.2) is 8.42 Å². The van der Waals surface area contributed by atoms with E-state index in [1.54, 1.807) is 31.2 Å². The first-order valence-corrected chi connectivity index (χ1v) is 12.0. The second-order valence-electron chi connectivity index (χ2n) is 7.58. The number of hydrogen-bond donors (Lipinski definition) is 1. The van der Waals surface area contributed by atoms with Crippen molar-refractivity contribution in [2.24, 2.45) is 0 Å². The van der Waals surface area contributed by atoms with E-state index in [4.69, 9.17) is 0 Å². The molecule has 1 aliphatic carbocycles. The minimum absolute atomic E-state index is 0.0324. The van der Waals surface area contributed by atoms with Gasteiger partial charge in [-0.1, -0.05) is 25.1 Å². The first kappa shape index (κ1) is 21.4. The Morgan fingerprint density at radius 1 is 1.03 bits per heavy atom. The minimum atomic E-state index is -3.32. The largest absolute Gasteiger partial charge is 0.345 e. The van der Waals surface area contributed by atoms with Crippen LogP contribution in [0.3, 0.4) is 0 Å². The van der Waals surface area contributed by atoms with Crippen LogP contribution in [0.4, 0.5) is 5.69 Å². The van der Waals surface area contributed by atoms with E-state index in [1.165, 1.54) is 35.3 Å². The molecule has 0 saturated heterocycles. The van der Waals surface area contributed by atoms with Crippen molar-refractivity contribution in [3.8, 4) is 0 Å². The van der Waals surface area contributed by atoms with Crippen LogP contribution in [0.2, 0.25) is 0 Å². The first-order valence-electron chi connectivity index (χ1n) is 10.3. The number of benzene rings is 2. The molecule has 0 bridgehead atoms. The standard InChI is InChI=1S/C23H30N2O3S/c1-4-22(20-11-10-17-8-6-7-9-19(17)16-20)24-23(26)18-12-14-21(15-13-18)25(3)29(27,28)5-2/h10-16,22H,4-9H2,1-3H3,(H,24,26)/t22-/m1/s1. The zero-order valence-corrected chi connectivity index (χ0v) is 18.3. The lowest BCUT2D eigenvalue weighted by atomic mass is 9.88. The lowest BCUT2D eigenvalue weighted by Gasteiger charge is -2.22. The van der Waals surface area contributed by atoms with E-state index in [9.17, 15) is 13.2 Å². The number of nitrogens with zero attached hydrogens (tertiary/aromatic N) is 1. The summed E-state index contributed by atoms with van der Waals surface area (Å²) in [6.45, 7) is 3.68. The van der Waals surface area contributed by atoms with Crippen LogP contribution in [0, 0.1) is 0 Å². The number of anilines is 1. The molecule has 1 atom stereocenters. The van der Waals surface area contributed by atoms with Crippen molar-refractivity contribution in [3.63, 3.8) is 0 Å². The molecule has 5 nitrogen and oxygen atoms in total. The second-order valence-corrected chi connectivity index (χ2v) is 9.87. The van der Waals surface area contributed by atoms with Gasteiger partial charge in [0.15, 0.2) is 0 Å². The molecular formula is C23H30N2O3S. The van der Waals surface area contributed by atoms with Crippen molar-refractivity contribution >= 4 is 21.6 Å². The quantitative estimate of drug-likeness (QED) is 0.737. The number of rotatable bonds is 7. The molecule has 0 unspecified atom stereocenters. The summed E-state index contributed by atoms with van der Waals surface area (Å²) in [7, 11) is -1.79. The van der Waals surface area contributed by atoms with Crippen LogP contribution in [0.5, 0.6) is 0 Å². The molecule has 2 aromatic rings. The fourth-order valence-corrected chi connectivity index (χ4v) is 4.64. The van der Waals surface area contributed by atoms with Crippen LogP contribution >= 0.6 is 0 Å². The van der Waals surface area contributed by atoms with Crippen molar-refractivity contribution in [2.45, 2.75) is 52.0 Å². The molecule has 156 valence electrons. The summed E-state index contributed by atoms with van der Waals surface area (Å²) < 4.78 is 25.3. The zero-order valence-electron chi connectivity index (χ0n) is 17.4. The van der Waals surface area contributed by atoms with Gasteiger partial charge in [0.1, 0.15) is 0 Å². The Morgan fingerprint density at radius 3 is 2.31 bits per heavy atom. The predicted molar refractivity (Wildman–Crippen MR) is 118 cm³/mol. The first-order chi connectivity index (χ1) is 13.9. The number of amides is 1. The number of hydrogen-bond acceptors (Lipinski definition) is 3. The number of aryl methyl sites for hydroxylation is 2. The number of carbonyl (C=O) groups is 1. The summed E-state index contributed by atoms with van der Waals surface area (Å²) in [6, 6.07) is 13.2. The van der Waals surface area contributed by atoms with E-state index < -0.39 is 10.0 Å². The molecule has 0 spiro atoms. The van der Waals surface area contributed by atoms with Crippen LogP contribution in [-0.2, 0) is 22.9 Å². The molecule has 1 aliphatic rings. The highest BCUT2D eigenvalue weighted by atomic mass is 32.2. The highest BCUT2D eigenvalue weighted by molar-refractivity contribution is 7.92. The maximum atomic E-state index is 12.8. The zero-order chi connectivity index (χ0) is 21.0. The van der Waals surface area contributed by atoms with Gasteiger partial charge in [-0.3, -0.25) is 9.10 Å². The Balaban J connectivity index is 1.73. The van der Waals surface area contributed by atoms with E-state index in [-0.39, 0.29) is 17.7 Å². The molecule has 0 aromatic heterocycles. The summed E-state index contributed by atoms with van der Waals surface area (Å²) >= 11 is 0. The number of nitrogens with one attached hydrogen (secondary N) is 1. The van der Waals surface area contributed by atoms with Gasteiger partial charge in [0.2, 0.25) is 10.0 Å². The van der Waals surface area contributed by atoms with Gasteiger partial charge in [0, 0.05) is 12.6 Å². The van der Waals surface area contributed by atoms with Gasteiger partial charge in [-0.2, -0.15) is 0 Å². The molecule has 1 N–H and O–H groups in total. The minimum Gasteiger partial charge on any atom is -0.345 e. The summed E-state index contributed by atoms with van der Waals surface area (Å²) in [5.41, 5.74) is 5.05. The predicted octanol–water partition coefficient (Wildman–Crippen LogP) is 4.23. The molecule has 0 saturated carbocycles. The highest BCUT2D eigenvalue weighted by Gasteiger charge is 2.19. The summed E-state index contributed by atoms with van der Waals surface area (Å²) in [5, 5.41) is 3.13. The van der Waals surface area contributed by atoms with Crippen molar-refractivity contribution in [2.75, 3.05) is 17.1 Å². The van der Waals surface area contributed by atoms with E-state index in [0.717, 1.165) is 24.8 Å². The highest BCUT2D eigenvalue weighted by Crippen LogP contribution is 2.26. The maximum absolute atomic E-state index is 12.8. The fraction of sp³-hybridized carbons (Fsp3) is 0.435. The van der Waals surface area contributed by atoms with Crippen molar-refractivity contribution in [1.82, 2.24) is 5.32 Å². The topological polar surface area (TPSA) is 66.5 Å². The van der Waals surface area contributed by atoms with Gasteiger partial charge >= 0.3 is 0 Å². The third-order valence-corrected chi connectivity index (χ3v) is 7.54. The SMILES string of the molecule is CC[C@@H](NC(=O)c1ccc(N(C)S(=O)(=O)CC)cc1)c1ccc2c(c1)CCCC2. The maximum Gasteiger partial charge on any atom is 0.251 e. The van der Waals surface area contributed by atoms with E-state index in [2.05, 4.69) is 30.4 Å². The Labute approximate surface area is 174 Å². The van der Waals surface area contributed by atoms with Crippen molar-refractivity contribution in [3.05, 3.63) is 64.7 Å². The second kappa shape index (κ2) is 8.99. The molecule has 0 radical (unpaired) electrons. The van der Waals surface area contributed by atoms with Crippen LogP contribution in [0.25, 0.3) is 0 Å². The van der Waals surface area contributed by atoms with Gasteiger partial charge in [-0.15, -0.1) is 0 Å². The number of fused-ring (bicyclic) bond motifs is 1. The van der Waals surface area contributed by atoms with Crippen LogP contribution in [0.15, 0.2) is 42.5 Å². The molecule has 0 heterocycles. The summed E-state index contributed by atoms with van der Waals surface area (Å²) in [5.74, 6) is -0.118. The molecule has 6 heteroatoms. The van der Waals surface area contributed by atoms with E-state index in [1.807, 2.05) is 0 Å².